The average molecular weight is 323 g/mol. The summed E-state index contributed by atoms with van der Waals surface area (Å²) in [6.07, 6.45) is 6.96. The zero-order valence-electron chi connectivity index (χ0n) is 13.2. The van der Waals surface area contributed by atoms with Gasteiger partial charge >= 0.3 is 6.03 Å². The number of carbonyl (C=O) groups excluding carboxylic acids is 1. The molecular weight excluding hydrogens is 300 g/mol. The van der Waals surface area contributed by atoms with Gasteiger partial charge in [0.1, 0.15) is 0 Å². The largest absolute Gasteiger partial charge is 0.335 e. The molecule has 1 aromatic rings. The average Bonchev–Trinajstić information content (AvgIpc) is 2.82. The summed E-state index contributed by atoms with van der Waals surface area (Å²) in [5, 5.41) is 3.78. The summed E-state index contributed by atoms with van der Waals surface area (Å²) in [5.74, 6) is 0. The molecule has 2 amide bonds. The minimum atomic E-state index is 0.0136. The van der Waals surface area contributed by atoms with Gasteiger partial charge in [0, 0.05) is 45.6 Å². The van der Waals surface area contributed by atoms with Crippen LogP contribution in [0.25, 0.3) is 0 Å². The van der Waals surface area contributed by atoms with Crippen LogP contribution in [0.2, 0.25) is 5.02 Å². The van der Waals surface area contributed by atoms with Gasteiger partial charge in [0.05, 0.1) is 5.02 Å². The minimum absolute atomic E-state index is 0.0136. The van der Waals surface area contributed by atoms with Gasteiger partial charge < -0.3 is 10.2 Å². The van der Waals surface area contributed by atoms with E-state index >= 15 is 0 Å². The molecule has 22 heavy (non-hydrogen) atoms. The lowest BCUT2D eigenvalue weighted by Gasteiger charge is -2.45. The maximum atomic E-state index is 11.7. The van der Waals surface area contributed by atoms with Crippen molar-refractivity contribution in [2.24, 2.45) is 5.41 Å². The van der Waals surface area contributed by atoms with E-state index in [-0.39, 0.29) is 6.03 Å². The van der Waals surface area contributed by atoms with E-state index in [4.69, 9.17) is 11.6 Å². The number of rotatable bonds is 3. The molecule has 0 atom stereocenters. The number of urea groups is 1. The fourth-order valence-corrected chi connectivity index (χ4v) is 3.88. The second-order valence-electron chi connectivity index (χ2n) is 6.92. The van der Waals surface area contributed by atoms with Crippen molar-refractivity contribution in [3.05, 3.63) is 29.0 Å². The van der Waals surface area contributed by atoms with Crippen molar-refractivity contribution in [2.75, 3.05) is 27.2 Å². The molecule has 120 valence electrons. The lowest BCUT2D eigenvalue weighted by atomic mass is 9.65. The number of hydrogen-bond donors (Lipinski definition) is 1. The Bertz CT molecular complexity index is 557. The molecule has 1 saturated heterocycles. The molecule has 0 unspecified atom stereocenters. The van der Waals surface area contributed by atoms with Crippen molar-refractivity contribution < 1.29 is 4.79 Å². The Labute approximate surface area is 136 Å². The first kappa shape index (κ1) is 15.6. The second-order valence-corrected chi connectivity index (χ2v) is 7.36. The van der Waals surface area contributed by atoms with E-state index < -0.39 is 0 Å². The van der Waals surface area contributed by atoms with Crippen LogP contribution in [0.1, 0.15) is 24.8 Å². The first-order valence-corrected chi connectivity index (χ1v) is 8.13. The SMILES string of the molecule is CN(C)C(=O)NC1CC2(CCN(Cc3cncc(Cl)c3)C2)C1. The number of aromatic nitrogens is 1. The van der Waals surface area contributed by atoms with E-state index in [1.165, 1.54) is 12.0 Å². The Morgan fingerprint density at radius 1 is 1.50 bits per heavy atom. The summed E-state index contributed by atoms with van der Waals surface area (Å²) in [6, 6.07) is 2.34. The maximum Gasteiger partial charge on any atom is 0.317 e. The zero-order valence-corrected chi connectivity index (χ0v) is 13.9. The van der Waals surface area contributed by atoms with Crippen LogP contribution in [0.3, 0.4) is 0 Å². The molecule has 1 spiro atoms. The summed E-state index contributed by atoms with van der Waals surface area (Å²) < 4.78 is 0. The minimum Gasteiger partial charge on any atom is -0.335 e. The van der Waals surface area contributed by atoms with Gasteiger partial charge in [-0.3, -0.25) is 9.88 Å². The molecule has 1 saturated carbocycles. The van der Waals surface area contributed by atoms with Crippen LogP contribution >= 0.6 is 11.6 Å². The van der Waals surface area contributed by atoms with Crippen LogP contribution in [0.15, 0.2) is 18.5 Å². The Hall–Kier alpha value is -1.33. The molecule has 0 aromatic carbocycles. The van der Waals surface area contributed by atoms with E-state index in [1.807, 2.05) is 12.3 Å². The highest BCUT2D eigenvalue weighted by atomic mass is 35.5. The quantitative estimate of drug-likeness (QED) is 0.929. The lowest BCUT2D eigenvalue weighted by Crippen LogP contribution is -2.53. The number of nitrogens with one attached hydrogen (secondary N) is 1. The van der Waals surface area contributed by atoms with Gasteiger partial charge in [-0.05, 0) is 42.9 Å². The van der Waals surface area contributed by atoms with Gasteiger partial charge in [0.2, 0.25) is 0 Å². The standard InChI is InChI=1S/C16H23ClN4O/c1-20(2)15(22)19-14-6-16(7-14)3-4-21(11-16)10-12-5-13(17)9-18-8-12/h5,8-9,14H,3-4,6-7,10-11H2,1-2H3,(H,19,22). The van der Waals surface area contributed by atoms with E-state index in [0.29, 0.717) is 16.5 Å². The number of likely N-dealkylation sites (tertiary alicyclic amines) is 1. The molecule has 1 aliphatic carbocycles. The van der Waals surface area contributed by atoms with Crippen molar-refractivity contribution >= 4 is 17.6 Å². The van der Waals surface area contributed by atoms with Crippen LogP contribution in [0.4, 0.5) is 4.79 Å². The summed E-state index contributed by atoms with van der Waals surface area (Å²) in [5.41, 5.74) is 1.57. The summed E-state index contributed by atoms with van der Waals surface area (Å²) in [6.45, 7) is 3.12. The van der Waals surface area contributed by atoms with E-state index in [2.05, 4.69) is 15.2 Å². The number of hydrogen-bond acceptors (Lipinski definition) is 3. The van der Waals surface area contributed by atoms with E-state index in [0.717, 1.165) is 32.5 Å². The Morgan fingerprint density at radius 3 is 2.95 bits per heavy atom. The molecule has 1 aliphatic heterocycles. The monoisotopic (exact) mass is 322 g/mol. The second kappa shape index (κ2) is 6.05. The normalized spacial score (nSPS) is 27.7. The smallest absolute Gasteiger partial charge is 0.317 e. The number of carbonyl (C=O) groups is 1. The predicted molar refractivity (Wildman–Crippen MR) is 86.8 cm³/mol. The van der Waals surface area contributed by atoms with Gasteiger partial charge in [-0.15, -0.1) is 0 Å². The van der Waals surface area contributed by atoms with Crippen molar-refractivity contribution in [1.82, 2.24) is 20.1 Å². The number of amides is 2. The van der Waals surface area contributed by atoms with Gasteiger partial charge in [0.25, 0.3) is 0 Å². The van der Waals surface area contributed by atoms with Crippen LogP contribution in [-0.4, -0.2) is 54.0 Å². The maximum absolute atomic E-state index is 11.7. The molecule has 5 nitrogen and oxygen atoms in total. The van der Waals surface area contributed by atoms with Crippen LogP contribution in [0, 0.1) is 5.41 Å². The van der Waals surface area contributed by atoms with Gasteiger partial charge in [0.15, 0.2) is 0 Å². The van der Waals surface area contributed by atoms with E-state index in [9.17, 15) is 4.79 Å². The number of nitrogens with zero attached hydrogens (tertiary/aromatic N) is 3. The Balaban J connectivity index is 1.48. The number of pyridine rings is 1. The highest BCUT2D eigenvalue weighted by Crippen LogP contribution is 2.48. The third-order valence-corrected chi connectivity index (χ3v) is 4.98. The molecule has 0 radical (unpaired) electrons. The van der Waals surface area contributed by atoms with Gasteiger partial charge in [-0.25, -0.2) is 4.79 Å². The molecule has 1 N–H and O–H groups in total. The Morgan fingerprint density at radius 2 is 2.27 bits per heavy atom. The van der Waals surface area contributed by atoms with Gasteiger partial charge in [-0.2, -0.15) is 0 Å². The Kier molecular flexibility index (Phi) is 4.28. The fourth-order valence-electron chi connectivity index (χ4n) is 3.69. The third kappa shape index (κ3) is 3.36. The summed E-state index contributed by atoms with van der Waals surface area (Å²) >= 11 is 5.99. The highest BCUT2D eigenvalue weighted by Gasteiger charge is 2.48. The topological polar surface area (TPSA) is 48.5 Å². The fraction of sp³-hybridized carbons (Fsp3) is 0.625. The number of halogens is 1. The molecule has 2 heterocycles. The highest BCUT2D eigenvalue weighted by molar-refractivity contribution is 6.30. The van der Waals surface area contributed by atoms with Crippen molar-refractivity contribution in [3.63, 3.8) is 0 Å². The van der Waals surface area contributed by atoms with Gasteiger partial charge in [-0.1, -0.05) is 11.6 Å². The first-order valence-electron chi connectivity index (χ1n) is 7.75. The lowest BCUT2D eigenvalue weighted by molar-refractivity contribution is 0.0899. The predicted octanol–water partition coefficient (Wildman–Crippen LogP) is 2.36. The molecule has 2 aliphatic rings. The molecule has 0 bridgehead atoms. The van der Waals surface area contributed by atoms with Crippen LogP contribution in [0.5, 0.6) is 0 Å². The van der Waals surface area contributed by atoms with Crippen molar-refractivity contribution in [2.45, 2.75) is 31.8 Å². The molecule has 2 fully saturated rings. The summed E-state index contributed by atoms with van der Waals surface area (Å²) in [4.78, 5) is 19.9. The molecule has 6 heteroatoms. The molecule has 3 rings (SSSR count). The van der Waals surface area contributed by atoms with Crippen LogP contribution < -0.4 is 5.32 Å². The van der Waals surface area contributed by atoms with Crippen molar-refractivity contribution in [1.29, 1.82) is 0 Å². The first-order chi connectivity index (χ1) is 10.5. The van der Waals surface area contributed by atoms with Crippen molar-refractivity contribution in [3.8, 4) is 0 Å². The zero-order chi connectivity index (χ0) is 15.7. The molecular formula is C16H23ClN4O. The van der Waals surface area contributed by atoms with E-state index in [1.54, 1.807) is 25.2 Å². The third-order valence-electron chi connectivity index (χ3n) is 4.78. The van der Waals surface area contributed by atoms with Crippen LogP contribution in [-0.2, 0) is 6.54 Å². The molecule has 1 aromatic heterocycles. The summed E-state index contributed by atoms with van der Waals surface area (Å²) in [7, 11) is 3.56.